The first-order chi connectivity index (χ1) is 9.15. The molecule has 1 fully saturated rings. The van der Waals surface area contributed by atoms with E-state index in [0.717, 1.165) is 18.4 Å². The Morgan fingerprint density at radius 1 is 1.16 bits per heavy atom. The van der Waals surface area contributed by atoms with Crippen molar-refractivity contribution in [1.29, 1.82) is 0 Å². The van der Waals surface area contributed by atoms with Crippen molar-refractivity contribution in [3.05, 3.63) is 35.9 Å². The second-order valence-corrected chi connectivity index (χ2v) is 6.39. The summed E-state index contributed by atoms with van der Waals surface area (Å²) in [6.07, 6.45) is 3.70. The Labute approximate surface area is 118 Å². The molecule has 106 valence electrons. The Morgan fingerprint density at radius 3 is 2.37 bits per heavy atom. The van der Waals surface area contributed by atoms with E-state index in [-0.39, 0.29) is 0 Å². The minimum atomic E-state index is 0.402. The molecule has 0 spiro atoms. The zero-order chi connectivity index (χ0) is 13.7. The number of benzene rings is 1. The van der Waals surface area contributed by atoms with Crippen LogP contribution in [0.1, 0.15) is 38.7 Å². The average Bonchev–Trinajstić information content (AvgIpc) is 2.40. The summed E-state index contributed by atoms with van der Waals surface area (Å²) in [5, 5.41) is 0. The maximum Gasteiger partial charge on any atom is 0.0233 e. The van der Waals surface area contributed by atoms with Crippen LogP contribution in [0.25, 0.3) is 0 Å². The molecule has 1 aliphatic rings. The summed E-state index contributed by atoms with van der Waals surface area (Å²) in [5.41, 5.74) is 7.75. The molecule has 0 amide bonds. The predicted octanol–water partition coefficient (Wildman–Crippen LogP) is 3.27. The number of likely N-dealkylation sites (tertiary alicyclic amines) is 1. The fourth-order valence-corrected chi connectivity index (χ4v) is 3.12. The molecule has 1 atom stereocenters. The lowest BCUT2D eigenvalue weighted by Crippen LogP contribution is -2.41. The fraction of sp³-hybridized carbons (Fsp3) is 0.647. The van der Waals surface area contributed by atoms with Crippen LogP contribution in [0.3, 0.4) is 0 Å². The molecule has 0 saturated carbocycles. The smallest absolute Gasteiger partial charge is 0.0233 e. The zero-order valence-corrected chi connectivity index (χ0v) is 12.4. The first kappa shape index (κ1) is 14.5. The Balaban J connectivity index is 1.76. The minimum Gasteiger partial charge on any atom is -0.327 e. The van der Waals surface area contributed by atoms with E-state index in [0.29, 0.717) is 6.04 Å². The molecule has 0 aromatic heterocycles. The van der Waals surface area contributed by atoms with Crippen LogP contribution in [0.5, 0.6) is 0 Å². The standard InChI is InChI=1S/C17H28N2/c1-14(2)12-17(18)16-8-10-19(11-9-16)13-15-6-4-3-5-7-15/h3-7,14,16-17H,8-13,18H2,1-2H3. The van der Waals surface area contributed by atoms with Gasteiger partial charge in [-0.05, 0) is 49.8 Å². The van der Waals surface area contributed by atoms with Crippen molar-refractivity contribution in [3.63, 3.8) is 0 Å². The highest BCUT2D eigenvalue weighted by Crippen LogP contribution is 2.24. The van der Waals surface area contributed by atoms with Crippen molar-refractivity contribution in [2.24, 2.45) is 17.6 Å². The van der Waals surface area contributed by atoms with Crippen LogP contribution in [0.2, 0.25) is 0 Å². The van der Waals surface area contributed by atoms with Crippen LogP contribution in [-0.2, 0) is 6.54 Å². The average molecular weight is 260 g/mol. The second kappa shape index (κ2) is 7.06. The maximum atomic E-state index is 6.33. The third kappa shape index (κ3) is 4.63. The van der Waals surface area contributed by atoms with Gasteiger partial charge >= 0.3 is 0 Å². The maximum absolute atomic E-state index is 6.33. The highest BCUT2D eigenvalue weighted by atomic mass is 15.1. The summed E-state index contributed by atoms with van der Waals surface area (Å²) >= 11 is 0. The van der Waals surface area contributed by atoms with Crippen molar-refractivity contribution in [2.45, 2.75) is 45.7 Å². The zero-order valence-electron chi connectivity index (χ0n) is 12.4. The highest BCUT2D eigenvalue weighted by molar-refractivity contribution is 5.14. The largest absolute Gasteiger partial charge is 0.327 e. The van der Waals surface area contributed by atoms with Crippen LogP contribution < -0.4 is 5.73 Å². The molecule has 1 unspecified atom stereocenters. The van der Waals surface area contributed by atoms with Crippen LogP contribution in [-0.4, -0.2) is 24.0 Å². The van der Waals surface area contributed by atoms with Gasteiger partial charge in [-0.1, -0.05) is 44.2 Å². The van der Waals surface area contributed by atoms with Gasteiger partial charge in [0.05, 0.1) is 0 Å². The molecule has 0 radical (unpaired) electrons. The van der Waals surface area contributed by atoms with E-state index in [9.17, 15) is 0 Å². The second-order valence-electron chi connectivity index (χ2n) is 6.39. The molecule has 1 aromatic rings. The van der Waals surface area contributed by atoms with E-state index in [4.69, 9.17) is 5.73 Å². The lowest BCUT2D eigenvalue weighted by atomic mass is 9.85. The summed E-state index contributed by atoms with van der Waals surface area (Å²) in [7, 11) is 0. The lowest BCUT2D eigenvalue weighted by Gasteiger charge is -2.35. The number of piperidine rings is 1. The SMILES string of the molecule is CC(C)CC(N)C1CCN(Cc2ccccc2)CC1. The topological polar surface area (TPSA) is 29.3 Å². The van der Waals surface area contributed by atoms with Gasteiger partial charge in [0.2, 0.25) is 0 Å². The van der Waals surface area contributed by atoms with Crippen molar-refractivity contribution >= 4 is 0 Å². The number of nitrogens with two attached hydrogens (primary N) is 1. The van der Waals surface area contributed by atoms with Gasteiger partial charge in [0, 0.05) is 12.6 Å². The van der Waals surface area contributed by atoms with E-state index in [1.165, 1.54) is 37.9 Å². The third-order valence-corrected chi connectivity index (χ3v) is 4.23. The van der Waals surface area contributed by atoms with Gasteiger partial charge in [-0.2, -0.15) is 0 Å². The van der Waals surface area contributed by atoms with Gasteiger partial charge in [0.25, 0.3) is 0 Å². The van der Waals surface area contributed by atoms with Gasteiger partial charge in [0.15, 0.2) is 0 Å². The van der Waals surface area contributed by atoms with Gasteiger partial charge < -0.3 is 5.73 Å². The molecule has 1 heterocycles. The molecule has 1 aromatic carbocycles. The summed E-state index contributed by atoms with van der Waals surface area (Å²) in [6.45, 7) is 8.03. The van der Waals surface area contributed by atoms with E-state index in [1.807, 2.05) is 0 Å². The Hall–Kier alpha value is -0.860. The van der Waals surface area contributed by atoms with Gasteiger partial charge in [0.1, 0.15) is 0 Å². The molecule has 19 heavy (non-hydrogen) atoms. The molecule has 2 heteroatoms. The minimum absolute atomic E-state index is 0.402. The normalized spacial score (nSPS) is 19.8. The number of nitrogens with zero attached hydrogens (tertiary/aromatic N) is 1. The number of hydrogen-bond acceptors (Lipinski definition) is 2. The van der Waals surface area contributed by atoms with Gasteiger partial charge in [-0.25, -0.2) is 0 Å². The van der Waals surface area contributed by atoms with Crippen molar-refractivity contribution in [3.8, 4) is 0 Å². The Kier molecular flexibility index (Phi) is 5.41. The first-order valence-electron chi connectivity index (χ1n) is 7.67. The van der Waals surface area contributed by atoms with Gasteiger partial charge in [-0.3, -0.25) is 4.90 Å². The summed E-state index contributed by atoms with van der Waals surface area (Å²) < 4.78 is 0. The Morgan fingerprint density at radius 2 is 1.79 bits per heavy atom. The van der Waals surface area contributed by atoms with E-state index < -0.39 is 0 Å². The van der Waals surface area contributed by atoms with Gasteiger partial charge in [-0.15, -0.1) is 0 Å². The van der Waals surface area contributed by atoms with Crippen LogP contribution in [0, 0.1) is 11.8 Å². The van der Waals surface area contributed by atoms with Crippen molar-refractivity contribution < 1.29 is 0 Å². The highest BCUT2D eigenvalue weighted by Gasteiger charge is 2.24. The lowest BCUT2D eigenvalue weighted by molar-refractivity contribution is 0.156. The molecule has 1 saturated heterocycles. The predicted molar refractivity (Wildman–Crippen MR) is 81.9 cm³/mol. The number of hydrogen-bond donors (Lipinski definition) is 1. The van der Waals surface area contributed by atoms with Crippen molar-refractivity contribution in [2.75, 3.05) is 13.1 Å². The summed E-state index contributed by atoms with van der Waals surface area (Å²) in [6, 6.07) is 11.2. The first-order valence-corrected chi connectivity index (χ1v) is 7.67. The molecule has 2 rings (SSSR count). The fourth-order valence-electron chi connectivity index (χ4n) is 3.12. The van der Waals surface area contributed by atoms with E-state index in [2.05, 4.69) is 49.1 Å². The molecular weight excluding hydrogens is 232 g/mol. The van der Waals surface area contributed by atoms with Crippen LogP contribution in [0.15, 0.2) is 30.3 Å². The molecule has 2 nitrogen and oxygen atoms in total. The Bertz CT molecular complexity index is 353. The quantitative estimate of drug-likeness (QED) is 0.880. The summed E-state index contributed by atoms with van der Waals surface area (Å²) in [4.78, 5) is 2.56. The molecular formula is C17H28N2. The molecule has 2 N–H and O–H groups in total. The van der Waals surface area contributed by atoms with Crippen LogP contribution >= 0.6 is 0 Å². The monoisotopic (exact) mass is 260 g/mol. The molecule has 0 bridgehead atoms. The molecule has 0 aliphatic carbocycles. The number of rotatable bonds is 5. The summed E-state index contributed by atoms with van der Waals surface area (Å²) in [5.74, 6) is 1.45. The van der Waals surface area contributed by atoms with Crippen LogP contribution in [0.4, 0.5) is 0 Å². The van der Waals surface area contributed by atoms with E-state index >= 15 is 0 Å². The van der Waals surface area contributed by atoms with E-state index in [1.54, 1.807) is 0 Å². The molecule has 1 aliphatic heterocycles. The third-order valence-electron chi connectivity index (χ3n) is 4.23. The van der Waals surface area contributed by atoms with Crippen molar-refractivity contribution in [1.82, 2.24) is 4.90 Å².